The third kappa shape index (κ3) is 2.42. The summed E-state index contributed by atoms with van der Waals surface area (Å²) in [5.41, 5.74) is 2.96. The normalized spacial score (nSPS) is 17.5. The maximum absolute atomic E-state index is 5.63. The van der Waals surface area contributed by atoms with E-state index in [4.69, 9.17) is 4.74 Å². The van der Waals surface area contributed by atoms with Gasteiger partial charge in [0.1, 0.15) is 5.75 Å². The van der Waals surface area contributed by atoms with Crippen molar-refractivity contribution in [3.8, 4) is 5.75 Å². The van der Waals surface area contributed by atoms with Crippen molar-refractivity contribution in [2.45, 2.75) is 38.4 Å². The Labute approximate surface area is 106 Å². The zero-order chi connectivity index (χ0) is 11.8. The van der Waals surface area contributed by atoms with Gasteiger partial charge in [0, 0.05) is 4.83 Å². The van der Waals surface area contributed by atoms with Gasteiger partial charge in [0.15, 0.2) is 0 Å². The van der Waals surface area contributed by atoms with E-state index in [1.54, 1.807) is 0 Å². The van der Waals surface area contributed by atoms with Crippen molar-refractivity contribution in [1.29, 1.82) is 0 Å². The molecule has 1 nitrogen and oxygen atoms in total. The molecule has 0 saturated heterocycles. The lowest BCUT2D eigenvalue weighted by atomic mass is 9.87. The van der Waals surface area contributed by atoms with Gasteiger partial charge in [-0.05, 0) is 35.4 Å². The van der Waals surface area contributed by atoms with Crippen molar-refractivity contribution in [1.82, 2.24) is 0 Å². The fourth-order valence-electron chi connectivity index (χ4n) is 2.04. The average molecular weight is 283 g/mol. The first-order valence-electron chi connectivity index (χ1n) is 5.88. The second-order valence-electron chi connectivity index (χ2n) is 5.55. The summed E-state index contributed by atoms with van der Waals surface area (Å²) in [5.74, 6) is 1.07. The van der Waals surface area contributed by atoms with Crippen molar-refractivity contribution in [3.63, 3.8) is 0 Å². The van der Waals surface area contributed by atoms with Gasteiger partial charge in [-0.1, -0.05) is 48.8 Å². The van der Waals surface area contributed by atoms with Crippen LogP contribution in [0.2, 0.25) is 0 Å². The van der Waals surface area contributed by atoms with Crippen LogP contribution in [-0.2, 0) is 6.42 Å². The highest BCUT2D eigenvalue weighted by Gasteiger charge is 2.24. The van der Waals surface area contributed by atoms with Crippen LogP contribution in [0.25, 0.3) is 0 Å². The van der Waals surface area contributed by atoms with E-state index in [9.17, 15) is 0 Å². The molecule has 0 radical (unpaired) electrons. The molecule has 1 aliphatic heterocycles. The first-order chi connectivity index (χ1) is 7.48. The lowest BCUT2D eigenvalue weighted by molar-refractivity contribution is 0.288. The van der Waals surface area contributed by atoms with Crippen molar-refractivity contribution < 1.29 is 4.74 Å². The number of ether oxygens (including phenoxy) is 1. The zero-order valence-corrected chi connectivity index (χ0v) is 11.8. The highest BCUT2D eigenvalue weighted by molar-refractivity contribution is 9.09. The van der Waals surface area contributed by atoms with Crippen LogP contribution in [0.4, 0.5) is 0 Å². The molecule has 0 aromatic heterocycles. The third-order valence-corrected chi connectivity index (χ3v) is 4.89. The number of halogens is 1. The van der Waals surface area contributed by atoms with E-state index >= 15 is 0 Å². The predicted octanol–water partition coefficient (Wildman–Crippen LogP) is 4.49. The van der Waals surface area contributed by atoms with E-state index in [2.05, 4.69) is 54.9 Å². The van der Waals surface area contributed by atoms with Gasteiger partial charge in [-0.25, -0.2) is 0 Å². The number of hydrogen-bond acceptors (Lipinski definition) is 1. The van der Waals surface area contributed by atoms with Gasteiger partial charge in [0.25, 0.3) is 0 Å². The second-order valence-corrected chi connectivity index (χ2v) is 6.46. The van der Waals surface area contributed by atoms with Crippen molar-refractivity contribution in [2.24, 2.45) is 5.41 Å². The van der Waals surface area contributed by atoms with Gasteiger partial charge in [-0.15, -0.1) is 0 Å². The molecule has 0 amide bonds. The summed E-state index contributed by atoms with van der Waals surface area (Å²) in [4.78, 5) is 0.396. The molecule has 2 heteroatoms. The summed E-state index contributed by atoms with van der Waals surface area (Å²) in [6.45, 7) is 7.62. The van der Waals surface area contributed by atoms with Gasteiger partial charge in [0.05, 0.1) is 6.61 Å². The number of benzene rings is 1. The molecule has 0 saturated carbocycles. The minimum atomic E-state index is 0.240. The molecule has 1 atom stereocenters. The van der Waals surface area contributed by atoms with E-state index in [-0.39, 0.29) is 5.41 Å². The van der Waals surface area contributed by atoms with Crippen LogP contribution < -0.4 is 4.74 Å². The van der Waals surface area contributed by atoms with Crippen LogP contribution >= 0.6 is 15.9 Å². The SMILES string of the molecule is CC(C)(C)C(Br)c1ccc2c(c1)CCCO2. The smallest absolute Gasteiger partial charge is 0.122 e. The lowest BCUT2D eigenvalue weighted by Gasteiger charge is -2.27. The molecule has 1 aliphatic rings. The fourth-order valence-corrected chi connectivity index (χ4v) is 2.32. The van der Waals surface area contributed by atoms with Crippen LogP contribution in [0.5, 0.6) is 5.75 Å². The standard InChI is InChI=1S/C14H19BrO/c1-14(2,3)13(15)11-6-7-12-10(9-11)5-4-8-16-12/h6-7,9,13H,4-5,8H2,1-3H3. The van der Waals surface area contributed by atoms with Gasteiger partial charge in [-0.2, -0.15) is 0 Å². The molecule has 0 bridgehead atoms. The largest absolute Gasteiger partial charge is 0.493 e. The minimum absolute atomic E-state index is 0.240. The third-order valence-electron chi connectivity index (χ3n) is 2.99. The number of alkyl halides is 1. The Morgan fingerprint density at radius 1 is 1.31 bits per heavy atom. The number of rotatable bonds is 1. The van der Waals surface area contributed by atoms with Crippen LogP contribution in [0.3, 0.4) is 0 Å². The molecule has 2 rings (SSSR count). The van der Waals surface area contributed by atoms with Crippen LogP contribution in [0.15, 0.2) is 18.2 Å². The van der Waals surface area contributed by atoms with E-state index in [0.29, 0.717) is 4.83 Å². The van der Waals surface area contributed by atoms with Gasteiger partial charge < -0.3 is 4.74 Å². The van der Waals surface area contributed by atoms with Gasteiger partial charge in [-0.3, -0.25) is 0 Å². The first kappa shape index (κ1) is 12.0. The predicted molar refractivity (Wildman–Crippen MR) is 71.4 cm³/mol. The Bertz CT molecular complexity index is 379. The molecule has 0 aliphatic carbocycles. The molecular formula is C14H19BrO. The molecule has 0 spiro atoms. The molecular weight excluding hydrogens is 264 g/mol. The van der Waals surface area contributed by atoms with E-state index in [1.165, 1.54) is 11.1 Å². The minimum Gasteiger partial charge on any atom is -0.493 e. The summed E-state index contributed by atoms with van der Waals surface area (Å²) >= 11 is 3.79. The van der Waals surface area contributed by atoms with Crippen molar-refractivity contribution in [2.75, 3.05) is 6.61 Å². The molecule has 1 heterocycles. The van der Waals surface area contributed by atoms with Gasteiger partial charge >= 0.3 is 0 Å². The van der Waals surface area contributed by atoms with E-state index in [1.807, 2.05) is 0 Å². The molecule has 1 aromatic carbocycles. The maximum atomic E-state index is 5.63. The zero-order valence-electron chi connectivity index (χ0n) is 10.2. The molecule has 1 unspecified atom stereocenters. The highest BCUT2D eigenvalue weighted by atomic mass is 79.9. The average Bonchev–Trinajstić information content (AvgIpc) is 2.26. The van der Waals surface area contributed by atoms with Crippen molar-refractivity contribution in [3.05, 3.63) is 29.3 Å². The summed E-state index contributed by atoms with van der Waals surface area (Å²) < 4.78 is 5.63. The summed E-state index contributed by atoms with van der Waals surface area (Å²) in [6, 6.07) is 6.58. The van der Waals surface area contributed by atoms with E-state index in [0.717, 1.165) is 25.2 Å². The quantitative estimate of drug-likeness (QED) is 0.690. The molecule has 0 fully saturated rings. The van der Waals surface area contributed by atoms with Crippen LogP contribution in [-0.4, -0.2) is 6.61 Å². The Morgan fingerprint density at radius 3 is 2.75 bits per heavy atom. The fraction of sp³-hybridized carbons (Fsp3) is 0.571. The number of hydrogen-bond donors (Lipinski definition) is 0. The second kappa shape index (κ2) is 4.40. The summed E-state index contributed by atoms with van der Waals surface area (Å²) in [5, 5.41) is 0. The highest BCUT2D eigenvalue weighted by Crippen LogP contribution is 2.41. The number of aryl methyl sites for hydroxylation is 1. The maximum Gasteiger partial charge on any atom is 0.122 e. The summed E-state index contributed by atoms with van der Waals surface area (Å²) in [7, 11) is 0. The number of fused-ring (bicyclic) bond motifs is 1. The van der Waals surface area contributed by atoms with E-state index < -0.39 is 0 Å². The molecule has 0 N–H and O–H groups in total. The van der Waals surface area contributed by atoms with Crippen LogP contribution in [0, 0.1) is 5.41 Å². The monoisotopic (exact) mass is 282 g/mol. The topological polar surface area (TPSA) is 9.23 Å². The first-order valence-corrected chi connectivity index (χ1v) is 6.80. The summed E-state index contributed by atoms with van der Waals surface area (Å²) in [6.07, 6.45) is 2.28. The molecule has 16 heavy (non-hydrogen) atoms. The Balaban J connectivity index is 2.30. The van der Waals surface area contributed by atoms with Crippen LogP contribution in [0.1, 0.15) is 43.1 Å². The van der Waals surface area contributed by atoms with Crippen molar-refractivity contribution >= 4 is 15.9 Å². The molecule has 1 aromatic rings. The van der Waals surface area contributed by atoms with Gasteiger partial charge in [0.2, 0.25) is 0 Å². The Morgan fingerprint density at radius 2 is 2.06 bits per heavy atom. The Kier molecular flexibility index (Phi) is 3.29. The molecule has 88 valence electrons. The lowest BCUT2D eigenvalue weighted by Crippen LogP contribution is -2.14. The Hall–Kier alpha value is -0.500.